The molecule has 2 rings (SSSR count). The molecule has 5 heteroatoms. The number of hydrogen-bond acceptors (Lipinski definition) is 3. The number of ether oxygens (including phenoxy) is 1. The summed E-state index contributed by atoms with van der Waals surface area (Å²) >= 11 is 3.29. The number of carbonyl (C=O) groups is 1. The summed E-state index contributed by atoms with van der Waals surface area (Å²) in [5, 5.41) is 2.72. The van der Waals surface area contributed by atoms with Crippen molar-refractivity contribution in [3.63, 3.8) is 0 Å². The Morgan fingerprint density at radius 3 is 2.58 bits per heavy atom. The molecule has 1 aromatic heterocycles. The maximum atomic E-state index is 12.1. The minimum Gasteiger partial charge on any atom is -0.367 e. The van der Waals surface area contributed by atoms with E-state index in [-0.39, 0.29) is 5.91 Å². The van der Waals surface area contributed by atoms with Crippen LogP contribution in [0.3, 0.4) is 0 Å². The topological polar surface area (TPSA) is 51.2 Å². The molecule has 0 saturated heterocycles. The highest BCUT2D eigenvalue weighted by atomic mass is 79.9. The number of carbonyl (C=O) groups excluding carboxylic acids is 1. The van der Waals surface area contributed by atoms with E-state index < -0.39 is 6.10 Å². The van der Waals surface area contributed by atoms with Crippen LogP contribution in [0.1, 0.15) is 11.7 Å². The van der Waals surface area contributed by atoms with E-state index in [0.717, 1.165) is 10.0 Å². The number of rotatable bonds is 4. The van der Waals surface area contributed by atoms with Crippen LogP contribution < -0.4 is 5.32 Å². The Morgan fingerprint density at radius 1 is 1.26 bits per heavy atom. The molecule has 0 saturated carbocycles. The molecule has 0 radical (unpaired) electrons. The zero-order chi connectivity index (χ0) is 13.7. The fourth-order valence-corrected chi connectivity index (χ4v) is 1.90. The van der Waals surface area contributed by atoms with E-state index in [9.17, 15) is 4.79 Å². The third kappa shape index (κ3) is 3.62. The summed E-state index contributed by atoms with van der Waals surface area (Å²) < 4.78 is 6.10. The van der Waals surface area contributed by atoms with E-state index in [0.29, 0.717) is 5.82 Å². The molecule has 0 aliphatic rings. The molecule has 1 amide bonds. The molecule has 0 aliphatic carbocycles. The summed E-state index contributed by atoms with van der Waals surface area (Å²) in [5.74, 6) is 0.245. The molecular formula is C14H13BrN2O2. The van der Waals surface area contributed by atoms with Crippen molar-refractivity contribution in [2.75, 3.05) is 12.4 Å². The maximum absolute atomic E-state index is 12.1. The normalized spacial score (nSPS) is 11.9. The highest BCUT2D eigenvalue weighted by Gasteiger charge is 2.20. The fourth-order valence-electron chi connectivity index (χ4n) is 1.66. The van der Waals surface area contributed by atoms with Gasteiger partial charge in [0, 0.05) is 17.8 Å². The average molecular weight is 321 g/mol. The first-order valence-electron chi connectivity index (χ1n) is 5.71. The molecule has 1 unspecified atom stereocenters. The molecule has 4 nitrogen and oxygen atoms in total. The minimum absolute atomic E-state index is 0.247. The lowest BCUT2D eigenvalue weighted by Crippen LogP contribution is -2.23. The van der Waals surface area contributed by atoms with Gasteiger partial charge in [-0.2, -0.15) is 0 Å². The van der Waals surface area contributed by atoms with Crippen LogP contribution in [0.5, 0.6) is 0 Å². The number of hydrogen-bond donors (Lipinski definition) is 1. The second-order valence-electron chi connectivity index (χ2n) is 3.88. The van der Waals surface area contributed by atoms with Crippen LogP contribution in [0.2, 0.25) is 0 Å². The number of nitrogens with one attached hydrogen (secondary N) is 1. The van der Waals surface area contributed by atoms with E-state index in [2.05, 4.69) is 26.2 Å². The summed E-state index contributed by atoms with van der Waals surface area (Å²) in [6.07, 6.45) is 0.978. The molecule has 1 heterocycles. The van der Waals surface area contributed by atoms with Crippen molar-refractivity contribution in [1.29, 1.82) is 0 Å². The van der Waals surface area contributed by atoms with E-state index in [1.165, 1.54) is 7.11 Å². The van der Waals surface area contributed by atoms with Crippen molar-refractivity contribution < 1.29 is 9.53 Å². The number of methoxy groups -OCH3 is 1. The molecule has 1 N–H and O–H groups in total. The smallest absolute Gasteiger partial charge is 0.259 e. The van der Waals surface area contributed by atoms with E-state index in [1.807, 2.05) is 36.4 Å². The highest BCUT2D eigenvalue weighted by Crippen LogP contribution is 2.18. The number of pyridine rings is 1. The van der Waals surface area contributed by atoms with Gasteiger partial charge in [-0.3, -0.25) is 4.79 Å². The summed E-state index contributed by atoms with van der Waals surface area (Å²) in [4.78, 5) is 16.2. The van der Waals surface area contributed by atoms with Gasteiger partial charge in [-0.25, -0.2) is 4.98 Å². The second-order valence-corrected chi connectivity index (χ2v) is 4.79. The predicted octanol–water partition coefficient (Wildman–Crippen LogP) is 3.17. The van der Waals surface area contributed by atoms with Crippen LogP contribution in [0.15, 0.2) is 53.1 Å². The Hall–Kier alpha value is -1.72. The molecule has 1 aromatic carbocycles. The summed E-state index contributed by atoms with van der Waals surface area (Å²) in [6.45, 7) is 0. The zero-order valence-corrected chi connectivity index (χ0v) is 11.9. The van der Waals surface area contributed by atoms with Crippen LogP contribution in [-0.2, 0) is 9.53 Å². The van der Waals surface area contributed by atoms with Gasteiger partial charge in [0.1, 0.15) is 5.82 Å². The monoisotopic (exact) mass is 320 g/mol. The van der Waals surface area contributed by atoms with Gasteiger partial charge in [0.15, 0.2) is 6.10 Å². The van der Waals surface area contributed by atoms with Gasteiger partial charge in [-0.1, -0.05) is 30.3 Å². The van der Waals surface area contributed by atoms with Crippen molar-refractivity contribution in [3.05, 3.63) is 58.7 Å². The molecule has 98 valence electrons. The first kappa shape index (κ1) is 13.7. The first-order chi connectivity index (χ1) is 9.20. The third-order valence-electron chi connectivity index (χ3n) is 2.55. The van der Waals surface area contributed by atoms with Crippen molar-refractivity contribution >= 4 is 27.7 Å². The van der Waals surface area contributed by atoms with Crippen LogP contribution in [0, 0.1) is 0 Å². The molecule has 0 fully saturated rings. The van der Waals surface area contributed by atoms with Crippen LogP contribution in [0.25, 0.3) is 0 Å². The Labute approximate surface area is 119 Å². The van der Waals surface area contributed by atoms with Crippen LogP contribution in [0.4, 0.5) is 5.82 Å². The van der Waals surface area contributed by atoms with E-state index in [4.69, 9.17) is 4.74 Å². The summed E-state index contributed by atoms with van der Waals surface area (Å²) in [6, 6.07) is 12.9. The number of anilines is 1. The van der Waals surface area contributed by atoms with Gasteiger partial charge in [0.05, 0.1) is 0 Å². The number of aromatic nitrogens is 1. The summed E-state index contributed by atoms with van der Waals surface area (Å²) in [7, 11) is 1.51. The molecule has 0 spiro atoms. The number of benzene rings is 1. The molecule has 0 bridgehead atoms. The second kappa shape index (κ2) is 6.45. The van der Waals surface area contributed by atoms with Crippen LogP contribution >= 0.6 is 15.9 Å². The van der Waals surface area contributed by atoms with Crippen molar-refractivity contribution in [1.82, 2.24) is 4.98 Å². The standard InChI is InChI=1S/C14H13BrN2O2/c1-19-13(10-5-3-2-4-6-10)14(18)17-12-8-7-11(15)9-16-12/h2-9,13H,1H3,(H,16,17,18). The van der Waals surface area contributed by atoms with Gasteiger partial charge in [-0.15, -0.1) is 0 Å². The van der Waals surface area contributed by atoms with Gasteiger partial charge in [0.2, 0.25) is 0 Å². The van der Waals surface area contributed by atoms with Crippen molar-refractivity contribution in [3.8, 4) is 0 Å². The lowest BCUT2D eigenvalue weighted by atomic mass is 10.1. The number of nitrogens with zero attached hydrogens (tertiary/aromatic N) is 1. The van der Waals surface area contributed by atoms with Crippen molar-refractivity contribution in [2.45, 2.75) is 6.10 Å². The van der Waals surface area contributed by atoms with Gasteiger partial charge in [0.25, 0.3) is 5.91 Å². The largest absolute Gasteiger partial charge is 0.367 e. The molecule has 0 aliphatic heterocycles. The Kier molecular flexibility index (Phi) is 4.65. The van der Waals surface area contributed by atoms with Gasteiger partial charge < -0.3 is 10.1 Å². The van der Waals surface area contributed by atoms with Gasteiger partial charge >= 0.3 is 0 Å². The lowest BCUT2D eigenvalue weighted by molar-refractivity contribution is -0.126. The van der Waals surface area contributed by atoms with Crippen LogP contribution in [-0.4, -0.2) is 18.0 Å². The average Bonchev–Trinajstić information content (AvgIpc) is 2.43. The zero-order valence-electron chi connectivity index (χ0n) is 10.3. The number of halogens is 1. The van der Waals surface area contributed by atoms with Gasteiger partial charge in [-0.05, 0) is 33.6 Å². The van der Waals surface area contributed by atoms with Crippen molar-refractivity contribution in [2.24, 2.45) is 0 Å². The molecular weight excluding hydrogens is 308 g/mol. The Balaban J connectivity index is 2.11. The Morgan fingerprint density at radius 2 is 2.00 bits per heavy atom. The molecule has 1 atom stereocenters. The molecule has 2 aromatic rings. The fraction of sp³-hybridized carbons (Fsp3) is 0.143. The maximum Gasteiger partial charge on any atom is 0.259 e. The SMILES string of the molecule is COC(C(=O)Nc1ccc(Br)cn1)c1ccccc1. The highest BCUT2D eigenvalue weighted by molar-refractivity contribution is 9.10. The number of amides is 1. The summed E-state index contributed by atoms with van der Waals surface area (Å²) in [5.41, 5.74) is 0.805. The lowest BCUT2D eigenvalue weighted by Gasteiger charge is -2.15. The Bertz CT molecular complexity index is 543. The van der Waals surface area contributed by atoms with E-state index >= 15 is 0 Å². The third-order valence-corrected chi connectivity index (χ3v) is 3.02. The predicted molar refractivity (Wildman–Crippen MR) is 76.8 cm³/mol. The quantitative estimate of drug-likeness (QED) is 0.941. The minimum atomic E-state index is -0.647. The first-order valence-corrected chi connectivity index (χ1v) is 6.50. The van der Waals surface area contributed by atoms with E-state index in [1.54, 1.807) is 12.3 Å². The molecule has 19 heavy (non-hydrogen) atoms.